The minimum absolute atomic E-state index is 0.0613. The van der Waals surface area contributed by atoms with Crippen LogP contribution in [-0.4, -0.2) is 30.2 Å². The zero-order valence-corrected chi connectivity index (χ0v) is 25.6. The summed E-state index contributed by atoms with van der Waals surface area (Å²) in [5.74, 6) is -2.61. The van der Waals surface area contributed by atoms with Crippen molar-refractivity contribution in [3.05, 3.63) is 137 Å². The molecule has 2 saturated heterocycles. The third-order valence-electron chi connectivity index (χ3n) is 10.6. The summed E-state index contributed by atoms with van der Waals surface area (Å²) in [5.41, 5.74) is 6.45. The van der Waals surface area contributed by atoms with Crippen molar-refractivity contribution in [2.75, 3.05) is 16.3 Å². The van der Waals surface area contributed by atoms with E-state index in [2.05, 4.69) is 24.3 Å². The Morgan fingerprint density at radius 2 is 1.26 bits per heavy atom. The van der Waals surface area contributed by atoms with Crippen LogP contribution in [0.2, 0.25) is 0 Å². The average molecular weight is 619 g/mol. The van der Waals surface area contributed by atoms with Crippen molar-refractivity contribution < 1.29 is 23.9 Å². The van der Waals surface area contributed by atoms with Gasteiger partial charge in [-0.05, 0) is 64.4 Å². The molecule has 0 radical (unpaired) electrons. The normalized spacial score (nSPS) is 24.0. The minimum Gasteiger partial charge on any atom is -0.426 e. The van der Waals surface area contributed by atoms with Crippen LogP contribution in [0.1, 0.15) is 46.1 Å². The number of hydrogen-bond donors (Lipinski definition) is 0. The van der Waals surface area contributed by atoms with Crippen LogP contribution in [0.5, 0.6) is 5.75 Å². The van der Waals surface area contributed by atoms with E-state index in [9.17, 15) is 19.2 Å². The molecule has 2 aliphatic heterocycles. The van der Waals surface area contributed by atoms with Crippen LogP contribution >= 0.6 is 0 Å². The van der Waals surface area contributed by atoms with Gasteiger partial charge in [0.2, 0.25) is 17.7 Å². The Balaban J connectivity index is 0.967. The van der Waals surface area contributed by atoms with E-state index in [-0.39, 0.29) is 42.5 Å². The first kappa shape index (κ1) is 27.7. The molecule has 47 heavy (non-hydrogen) atoms. The van der Waals surface area contributed by atoms with Gasteiger partial charge in [0.05, 0.1) is 29.1 Å². The monoisotopic (exact) mass is 618 g/mol. The fourth-order valence-corrected chi connectivity index (χ4v) is 8.60. The molecule has 5 aromatic carbocycles. The number of anilines is 2. The molecule has 5 aliphatic rings. The molecule has 7 nitrogen and oxygen atoms in total. The van der Waals surface area contributed by atoms with Crippen LogP contribution < -0.4 is 14.5 Å². The molecule has 5 aromatic rings. The van der Waals surface area contributed by atoms with E-state index in [4.69, 9.17) is 4.74 Å². The number of ether oxygens (including phenoxy) is 1. The number of carbonyl (C=O) groups is 4. The summed E-state index contributed by atoms with van der Waals surface area (Å²) in [6.07, 6.45) is 0.0613. The van der Waals surface area contributed by atoms with Gasteiger partial charge in [-0.25, -0.2) is 4.90 Å². The van der Waals surface area contributed by atoms with E-state index >= 15 is 0 Å². The predicted molar refractivity (Wildman–Crippen MR) is 177 cm³/mol. The summed E-state index contributed by atoms with van der Waals surface area (Å²) in [6, 6.07) is 35.0. The van der Waals surface area contributed by atoms with Crippen molar-refractivity contribution in [2.24, 2.45) is 17.8 Å². The number of amides is 3. The second-order valence-corrected chi connectivity index (χ2v) is 13.0. The van der Waals surface area contributed by atoms with E-state index in [1.54, 1.807) is 23.1 Å². The fraction of sp³-hybridized carbons (Fsp3) is 0.200. The molecule has 2 fully saturated rings. The van der Waals surface area contributed by atoms with E-state index in [1.165, 1.54) is 4.90 Å². The summed E-state index contributed by atoms with van der Waals surface area (Å²) in [4.78, 5) is 57.7. The molecule has 0 saturated carbocycles. The molecule has 3 aliphatic carbocycles. The number of benzene rings is 5. The van der Waals surface area contributed by atoms with E-state index in [0.29, 0.717) is 17.0 Å². The molecule has 0 unspecified atom stereocenters. The molecule has 2 bridgehead atoms. The number of hydrogen-bond acceptors (Lipinski definition) is 5. The van der Waals surface area contributed by atoms with Gasteiger partial charge in [-0.3, -0.25) is 19.2 Å². The highest BCUT2D eigenvalue weighted by atomic mass is 16.5. The average Bonchev–Trinajstić information content (AvgIpc) is 3.61. The van der Waals surface area contributed by atoms with Crippen LogP contribution in [0.25, 0.3) is 10.8 Å². The smallest absolute Gasteiger partial charge is 0.316 e. The number of rotatable bonds is 4. The number of carbonyl (C=O) groups excluding carboxylic acids is 4. The van der Waals surface area contributed by atoms with Gasteiger partial charge in [0.25, 0.3) is 0 Å². The standard InChI is InChI=1S/C40H30N2O5/c1-22-19-25(47-40(46)24-20-33(43)41(21-24)32-16-8-10-23-9-2-3-11-26(23)32)17-18-31(22)42-38(44)36-34-27-12-4-5-13-28(27)35(37(36)39(42)45)30-15-7-6-14-29(30)34/h2-19,24,34-37H,20-21H2,1H3/t24-,34?,35?,36-,37+/m0/s1. The van der Waals surface area contributed by atoms with E-state index < -0.39 is 23.7 Å². The molecule has 0 aromatic heterocycles. The lowest BCUT2D eigenvalue weighted by molar-refractivity contribution is -0.139. The zero-order chi connectivity index (χ0) is 32.0. The van der Waals surface area contributed by atoms with Gasteiger partial charge in [-0.1, -0.05) is 84.9 Å². The van der Waals surface area contributed by atoms with Crippen molar-refractivity contribution in [1.82, 2.24) is 0 Å². The highest BCUT2D eigenvalue weighted by Gasteiger charge is 2.61. The van der Waals surface area contributed by atoms with Crippen LogP contribution in [0.15, 0.2) is 109 Å². The van der Waals surface area contributed by atoms with Crippen molar-refractivity contribution >= 4 is 45.8 Å². The molecule has 0 N–H and O–H groups in total. The first-order valence-electron chi connectivity index (χ1n) is 16.1. The topological polar surface area (TPSA) is 84.0 Å². The van der Waals surface area contributed by atoms with Crippen LogP contribution in [0.3, 0.4) is 0 Å². The van der Waals surface area contributed by atoms with Crippen molar-refractivity contribution in [1.29, 1.82) is 0 Å². The lowest BCUT2D eigenvalue weighted by atomic mass is 9.55. The number of aryl methyl sites for hydroxylation is 1. The fourth-order valence-electron chi connectivity index (χ4n) is 8.60. The second kappa shape index (κ2) is 10.2. The Kier molecular flexibility index (Phi) is 6.03. The van der Waals surface area contributed by atoms with Crippen LogP contribution in [0, 0.1) is 24.7 Å². The Bertz CT molecular complexity index is 2070. The summed E-state index contributed by atoms with van der Waals surface area (Å²) in [5, 5.41) is 1.98. The molecule has 2 heterocycles. The van der Waals surface area contributed by atoms with Gasteiger partial charge in [0.15, 0.2) is 0 Å². The largest absolute Gasteiger partial charge is 0.426 e. The lowest BCUT2D eigenvalue weighted by Crippen LogP contribution is -2.41. The molecule has 10 rings (SSSR count). The van der Waals surface area contributed by atoms with E-state index in [0.717, 1.165) is 38.7 Å². The van der Waals surface area contributed by atoms with Gasteiger partial charge in [0.1, 0.15) is 5.75 Å². The van der Waals surface area contributed by atoms with Gasteiger partial charge in [-0.15, -0.1) is 0 Å². The van der Waals surface area contributed by atoms with Crippen molar-refractivity contribution in [3.8, 4) is 5.75 Å². The highest BCUT2D eigenvalue weighted by Crippen LogP contribution is 2.61. The molecule has 230 valence electrons. The maximum atomic E-state index is 14.2. The molecular formula is C40H30N2O5. The van der Waals surface area contributed by atoms with Gasteiger partial charge in [-0.2, -0.15) is 0 Å². The molecule has 0 spiro atoms. The quantitative estimate of drug-likeness (QED) is 0.130. The number of nitrogens with zero attached hydrogens (tertiary/aromatic N) is 2. The number of imide groups is 1. The number of fused-ring (bicyclic) bond motifs is 1. The van der Waals surface area contributed by atoms with E-state index in [1.807, 2.05) is 73.7 Å². The van der Waals surface area contributed by atoms with Gasteiger partial charge < -0.3 is 9.64 Å². The number of esters is 1. The lowest BCUT2D eigenvalue weighted by Gasteiger charge is -2.45. The summed E-state index contributed by atoms with van der Waals surface area (Å²) in [7, 11) is 0. The molecule has 3 atom stereocenters. The Labute approximate surface area is 271 Å². The van der Waals surface area contributed by atoms with Crippen LogP contribution in [0.4, 0.5) is 11.4 Å². The maximum absolute atomic E-state index is 14.2. The van der Waals surface area contributed by atoms with Crippen LogP contribution in [-0.2, 0) is 19.2 Å². The first-order valence-corrected chi connectivity index (χ1v) is 16.1. The maximum Gasteiger partial charge on any atom is 0.316 e. The molecule has 7 heteroatoms. The Morgan fingerprint density at radius 3 is 1.87 bits per heavy atom. The minimum atomic E-state index is -0.620. The highest BCUT2D eigenvalue weighted by molar-refractivity contribution is 6.23. The molecule has 3 amide bonds. The second-order valence-electron chi connectivity index (χ2n) is 13.0. The summed E-state index contributed by atoms with van der Waals surface area (Å²) >= 11 is 0. The molecular weight excluding hydrogens is 588 g/mol. The Hall–Kier alpha value is -5.56. The SMILES string of the molecule is Cc1cc(OC(=O)[C@H]2CC(=O)N(c3cccc4ccccc34)C2)ccc1N1C(=O)[C@@H]2C3c4ccccc4C(c4ccccc43)[C@@H]2C1=O. The Morgan fingerprint density at radius 1 is 0.681 bits per heavy atom. The summed E-state index contributed by atoms with van der Waals surface area (Å²) < 4.78 is 5.79. The zero-order valence-electron chi connectivity index (χ0n) is 25.6. The van der Waals surface area contributed by atoms with Gasteiger partial charge >= 0.3 is 5.97 Å². The van der Waals surface area contributed by atoms with Crippen molar-refractivity contribution in [2.45, 2.75) is 25.2 Å². The van der Waals surface area contributed by atoms with Crippen molar-refractivity contribution in [3.63, 3.8) is 0 Å². The predicted octanol–water partition coefficient (Wildman–Crippen LogP) is 6.50. The third kappa shape index (κ3) is 3.99. The third-order valence-corrected chi connectivity index (χ3v) is 10.6. The summed E-state index contributed by atoms with van der Waals surface area (Å²) in [6.45, 7) is 2.05. The first-order chi connectivity index (χ1) is 22.9. The van der Waals surface area contributed by atoms with Gasteiger partial charge in [0, 0.05) is 30.2 Å².